The van der Waals surface area contributed by atoms with Gasteiger partial charge in [-0.25, -0.2) is 4.79 Å². The molecule has 106 valence electrons. The zero-order valence-electron chi connectivity index (χ0n) is 10.9. The Morgan fingerprint density at radius 1 is 1.26 bits per heavy atom. The number of para-hydroxylation sites is 1. The van der Waals surface area contributed by atoms with Crippen LogP contribution in [0.25, 0.3) is 0 Å². The predicted molar refractivity (Wildman–Crippen MR) is 70.1 cm³/mol. The highest BCUT2D eigenvalue weighted by Gasteiger charge is 2.13. The van der Waals surface area contributed by atoms with Crippen LogP contribution in [-0.2, 0) is 14.2 Å². The Kier molecular flexibility index (Phi) is 6.70. The molecule has 0 aliphatic carbocycles. The fourth-order valence-corrected chi connectivity index (χ4v) is 1.37. The van der Waals surface area contributed by atoms with Gasteiger partial charge < -0.3 is 25.1 Å². The topological polar surface area (TPSA) is 91.0 Å². The molecule has 19 heavy (non-hydrogen) atoms. The summed E-state index contributed by atoms with van der Waals surface area (Å²) in [4.78, 5) is 11.7. The maximum atomic E-state index is 11.7. The highest BCUT2D eigenvalue weighted by Crippen LogP contribution is 2.24. The molecule has 0 saturated carbocycles. The van der Waals surface area contributed by atoms with E-state index in [0.717, 1.165) is 0 Å². The number of nitrogens with two attached hydrogens (primary N) is 1. The summed E-state index contributed by atoms with van der Waals surface area (Å²) in [5.41, 5.74) is 5.71. The quantitative estimate of drug-likeness (QED) is 0.319. The minimum absolute atomic E-state index is 0.0697. The van der Waals surface area contributed by atoms with Gasteiger partial charge in [0, 0.05) is 20.1 Å². The third-order valence-corrected chi connectivity index (χ3v) is 2.39. The van der Waals surface area contributed by atoms with E-state index in [1.165, 1.54) is 12.1 Å². The van der Waals surface area contributed by atoms with E-state index >= 15 is 0 Å². The Balaban J connectivity index is 2.26. The molecule has 0 radical (unpaired) electrons. The molecule has 3 N–H and O–H groups in total. The van der Waals surface area contributed by atoms with E-state index < -0.39 is 5.97 Å². The van der Waals surface area contributed by atoms with Crippen molar-refractivity contribution in [1.29, 1.82) is 0 Å². The van der Waals surface area contributed by atoms with Crippen LogP contribution in [0, 0.1) is 0 Å². The van der Waals surface area contributed by atoms with Crippen LogP contribution in [0.2, 0.25) is 0 Å². The monoisotopic (exact) mass is 269 g/mol. The molecule has 6 heteroatoms. The SMILES string of the molecule is COCCOCCCOC(=O)c1cccc(N)c1O. The lowest BCUT2D eigenvalue weighted by Crippen LogP contribution is -2.10. The standard InChI is InChI=1S/C13H19NO5/c1-17-8-9-18-6-3-7-19-13(16)10-4-2-5-11(14)12(10)15/h2,4-5,15H,3,6-9,14H2,1H3. The van der Waals surface area contributed by atoms with E-state index in [4.69, 9.17) is 19.9 Å². The molecule has 0 spiro atoms. The second-order valence-corrected chi connectivity index (χ2v) is 3.84. The first-order valence-corrected chi connectivity index (χ1v) is 5.98. The summed E-state index contributed by atoms with van der Waals surface area (Å²) in [6, 6.07) is 4.55. The number of phenolic OH excluding ortho intramolecular Hbond substituents is 1. The van der Waals surface area contributed by atoms with E-state index in [0.29, 0.717) is 26.2 Å². The van der Waals surface area contributed by atoms with Crippen molar-refractivity contribution in [3.8, 4) is 5.75 Å². The first-order chi connectivity index (χ1) is 9.16. The lowest BCUT2D eigenvalue weighted by molar-refractivity contribution is 0.0383. The van der Waals surface area contributed by atoms with Crippen LogP contribution in [0.15, 0.2) is 18.2 Å². The maximum Gasteiger partial charge on any atom is 0.341 e. The number of esters is 1. The Hall–Kier alpha value is -1.79. The first-order valence-electron chi connectivity index (χ1n) is 5.98. The molecule has 0 unspecified atom stereocenters. The molecule has 0 aliphatic heterocycles. The number of rotatable bonds is 8. The number of methoxy groups -OCH3 is 1. The third kappa shape index (κ3) is 5.15. The summed E-state index contributed by atoms with van der Waals surface area (Å²) in [6.45, 7) is 1.76. The highest BCUT2D eigenvalue weighted by molar-refractivity contribution is 5.94. The number of nitrogen functional groups attached to an aromatic ring is 1. The average molecular weight is 269 g/mol. The third-order valence-electron chi connectivity index (χ3n) is 2.39. The number of carbonyl (C=O) groups excluding carboxylic acids is 1. The Morgan fingerprint density at radius 2 is 2.05 bits per heavy atom. The second kappa shape index (κ2) is 8.34. The van der Waals surface area contributed by atoms with Crippen molar-refractivity contribution >= 4 is 11.7 Å². The van der Waals surface area contributed by atoms with E-state index in [-0.39, 0.29) is 23.6 Å². The number of ether oxygens (including phenoxy) is 3. The lowest BCUT2D eigenvalue weighted by Gasteiger charge is -2.08. The summed E-state index contributed by atoms with van der Waals surface area (Å²) in [5, 5.41) is 9.60. The van der Waals surface area contributed by atoms with Crippen LogP contribution < -0.4 is 5.73 Å². The zero-order valence-corrected chi connectivity index (χ0v) is 10.9. The van der Waals surface area contributed by atoms with Crippen molar-refractivity contribution in [3.63, 3.8) is 0 Å². The van der Waals surface area contributed by atoms with Crippen molar-refractivity contribution in [2.75, 3.05) is 39.3 Å². The first kappa shape index (κ1) is 15.3. The van der Waals surface area contributed by atoms with Gasteiger partial charge in [0.05, 0.1) is 25.5 Å². The van der Waals surface area contributed by atoms with Crippen LogP contribution in [0.5, 0.6) is 5.75 Å². The molecular weight excluding hydrogens is 250 g/mol. The predicted octanol–water partition coefficient (Wildman–Crippen LogP) is 1.18. The molecule has 6 nitrogen and oxygen atoms in total. The number of hydrogen-bond donors (Lipinski definition) is 2. The van der Waals surface area contributed by atoms with Crippen molar-refractivity contribution in [2.24, 2.45) is 0 Å². The number of benzene rings is 1. The number of aromatic hydroxyl groups is 1. The van der Waals surface area contributed by atoms with Crippen molar-refractivity contribution in [3.05, 3.63) is 23.8 Å². The van der Waals surface area contributed by atoms with Crippen LogP contribution in [0.3, 0.4) is 0 Å². The van der Waals surface area contributed by atoms with Crippen LogP contribution in [0.4, 0.5) is 5.69 Å². The van der Waals surface area contributed by atoms with Crippen molar-refractivity contribution < 1.29 is 24.1 Å². The molecule has 1 rings (SSSR count). The molecule has 0 saturated heterocycles. The van der Waals surface area contributed by atoms with Gasteiger partial charge in [-0.05, 0) is 12.1 Å². The van der Waals surface area contributed by atoms with Crippen LogP contribution >= 0.6 is 0 Å². The van der Waals surface area contributed by atoms with Crippen molar-refractivity contribution in [2.45, 2.75) is 6.42 Å². The highest BCUT2D eigenvalue weighted by atomic mass is 16.5. The fraction of sp³-hybridized carbons (Fsp3) is 0.462. The number of carbonyl (C=O) groups is 1. The van der Waals surface area contributed by atoms with Gasteiger partial charge in [-0.3, -0.25) is 0 Å². The van der Waals surface area contributed by atoms with Crippen molar-refractivity contribution in [1.82, 2.24) is 0 Å². The molecule has 0 amide bonds. The minimum atomic E-state index is -0.596. The van der Waals surface area contributed by atoms with Crippen LogP contribution in [-0.4, -0.2) is 44.6 Å². The van der Waals surface area contributed by atoms with Crippen LogP contribution in [0.1, 0.15) is 16.8 Å². The Bertz CT molecular complexity index is 408. The summed E-state index contributed by atoms with van der Waals surface area (Å²) in [7, 11) is 1.60. The van der Waals surface area contributed by atoms with E-state index in [1.54, 1.807) is 13.2 Å². The summed E-state index contributed by atoms with van der Waals surface area (Å²) >= 11 is 0. The molecule has 1 aromatic rings. The molecule has 0 atom stereocenters. The average Bonchev–Trinajstić information content (AvgIpc) is 2.40. The molecule has 0 heterocycles. The minimum Gasteiger partial charge on any atom is -0.505 e. The van der Waals surface area contributed by atoms with Gasteiger partial charge in [-0.15, -0.1) is 0 Å². The molecule has 1 aromatic carbocycles. The van der Waals surface area contributed by atoms with Gasteiger partial charge in [0.2, 0.25) is 0 Å². The maximum absolute atomic E-state index is 11.7. The molecular formula is C13H19NO5. The van der Waals surface area contributed by atoms with E-state index in [9.17, 15) is 9.90 Å². The summed E-state index contributed by atoms with van der Waals surface area (Å²) < 4.78 is 15.0. The van der Waals surface area contributed by atoms with Gasteiger partial charge in [0.15, 0.2) is 5.75 Å². The number of hydrogen-bond acceptors (Lipinski definition) is 6. The molecule has 0 aromatic heterocycles. The smallest absolute Gasteiger partial charge is 0.341 e. The van der Waals surface area contributed by atoms with Gasteiger partial charge >= 0.3 is 5.97 Å². The summed E-state index contributed by atoms with van der Waals surface area (Å²) in [6.07, 6.45) is 0.582. The summed E-state index contributed by atoms with van der Waals surface area (Å²) in [5.74, 6) is -0.842. The van der Waals surface area contributed by atoms with E-state index in [1.807, 2.05) is 0 Å². The molecule has 0 bridgehead atoms. The lowest BCUT2D eigenvalue weighted by atomic mass is 10.2. The second-order valence-electron chi connectivity index (χ2n) is 3.84. The van der Waals surface area contributed by atoms with Gasteiger partial charge in [0.25, 0.3) is 0 Å². The Labute approximate surface area is 112 Å². The molecule has 0 fully saturated rings. The number of phenols is 1. The normalized spacial score (nSPS) is 10.4. The zero-order chi connectivity index (χ0) is 14.1. The van der Waals surface area contributed by atoms with Gasteiger partial charge in [-0.1, -0.05) is 6.07 Å². The van der Waals surface area contributed by atoms with Gasteiger partial charge in [-0.2, -0.15) is 0 Å². The Morgan fingerprint density at radius 3 is 2.79 bits per heavy atom. The fourth-order valence-electron chi connectivity index (χ4n) is 1.37. The van der Waals surface area contributed by atoms with Gasteiger partial charge in [0.1, 0.15) is 5.56 Å². The number of anilines is 1. The largest absolute Gasteiger partial charge is 0.505 e. The molecule has 0 aliphatic rings. The van der Waals surface area contributed by atoms with E-state index in [2.05, 4.69) is 0 Å².